The van der Waals surface area contributed by atoms with Crippen molar-refractivity contribution in [2.45, 2.75) is 26.3 Å². The third-order valence-electron chi connectivity index (χ3n) is 4.59. The highest BCUT2D eigenvalue weighted by atomic mass is 16.5. The zero-order valence-corrected chi connectivity index (χ0v) is 17.6. The van der Waals surface area contributed by atoms with E-state index in [0.717, 1.165) is 11.1 Å². The average molecular weight is 399 g/mol. The van der Waals surface area contributed by atoms with Gasteiger partial charge in [-0.15, -0.1) is 0 Å². The van der Waals surface area contributed by atoms with Gasteiger partial charge in [-0.2, -0.15) is 0 Å². The van der Waals surface area contributed by atoms with Crippen molar-refractivity contribution in [1.82, 2.24) is 10.2 Å². The molecule has 2 N–H and O–H groups in total. The van der Waals surface area contributed by atoms with E-state index >= 15 is 0 Å². The van der Waals surface area contributed by atoms with Crippen LogP contribution in [0, 0.1) is 6.92 Å². The summed E-state index contributed by atoms with van der Waals surface area (Å²) in [5, 5.41) is 5.41. The predicted octanol–water partition coefficient (Wildman–Crippen LogP) is 3.22. The molecule has 0 saturated carbocycles. The topological polar surface area (TPSA) is 79.9 Å². The van der Waals surface area contributed by atoms with Gasteiger partial charge >= 0.3 is 6.03 Å². The van der Waals surface area contributed by atoms with Crippen molar-refractivity contribution in [3.63, 3.8) is 0 Å². The third kappa shape index (κ3) is 6.41. The quantitative estimate of drug-likeness (QED) is 0.714. The first kappa shape index (κ1) is 22.1. The van der Waals surface area contributed by atoms with E-state index in [4.69, 9.17) is 9.47 Å². The fraction of sp³-hybridized carbons (Fsp3) is 0.364. The standard InChI is InChI=1S/C22H29N3O4/c1-15-6-9-18(10-7-15)24-22(27)23-16(2)21(26)25(3)13-12-17-8-11-19(28-4)20(14-17)29-5/h6-11,14,16H,12-13H2,1-5H3,(H2,23,24,27). The smallest absolute Gasteiger partial charge is 0.319 e. The maximum absolute atomic E-state index is 12.6. The molecule has 0 fully saturated rings. The number of rotatable bonds is 8. The van der Waals surface area contributed by atoms with Crippen LogP contribution in [0.3, 0.4) is 0 Å². The Bertz CT molecular complexity index is 836. The molecule has 1 unspecified atom stereocenters. The fourth-order valence-electron chi connectivity index (χ4n) is 2.84. The second kappa shape index (κ2) is 10.4. The van der Waals surface area contributed by atoms with Crippen LogP contribution < -0.4 is 20.1 Å². The summed E-state index contributed by atoms with van der Waals surface area (Å²) < 4.78 is 10.5. The van der Waals surface area contributed by atoms with Crippen LogP contribution >= 0.6 is 0 Å². The largest absolute Gasteiger partial charge is 0.493 e. The summed E-state index contributed by atoms with van der Waals surface area (Å²) in [5.41, 5.74) is 2.81. The minimum atomic E-state index is -0.643. The van der Waals surface area contributed by atoms with Crippen molar-refractivity contribution in [3.05, 3.63) is 53.6 Å². The van der Waals surface area contributed by atoms with Crippen molar-refractivity contribution >= 4 is 17.6 Å². The number of hydrogen-bond acceptors (Lipinski definition) is 4. The third-order valence-corrected chi connectivity index (χ3v) is 4.59. The number of benzene rings is 2. The van der Waals surface area contributed by atoms with Gasteiger partial charge in [-0.05, 0) is 50.1 Å². The lowest BCUT2D eigenvalue weighted by Gasteiger charge is -2.22. The molecule has 0 radical (unpaired) electrons. The van der Waals surface area contributed by atoms with E-state index in [-0.39, 0.29) is 5.91 Å². The second-order valence-electron chi connectivity index (χ2n) is 6.89. The Labute approximate surface area is 172 Å². The minimum Gasteiger partial charge on any atom is -0.493 e. The maximum Gasteiger partial charge on any atom is 0.319 e. The molecular weight excluding hydrogens is 370 g/mol. The Kier molecular flexibility index (Phi) is 7.88. The number of carbonyl (C=O) groups is 2. The molecule has 0 aliphatic carbocycles. The van der Waals surface area contributed by atoms with Crippen LogP contribution in [0.4, 0.5) is 10.5 Å². The normalized spacial score (nSPS) is 11.3. The molecule has 156 valence electrons. The van der Waals surface area contributed by atoms with Crippen LogP contribution in [0.25, 0.3) is 0 Å². The van der Waals surface area contributed by atoms with E-state index < -0.39 is 12.1 Å². The Morgan fingerprint density at radius 2 is 1.69 bits per heavy atom. The number of nitrogens with one attached hydrogen (secondary N) is 2. The van der Waals surface area contributed by atoms with E-state index in [1.807, 2.05) is 49.4 Å². The van der Waals surface area contributed by atoms with Gasteiger partial charge in [0.1, 0.15) is 6.04 Å². The summed E-state index contributed by atoms with van der Waals surface area (Å²) in [6.45, 7) is 4.16. The highest BCUT2D eigenvalue weighted by Crippen LogP contribution is 2.27. The van der Waals surface area contributed by atoms with Gasteiger partial charge in [-0.25, -0.2) is 4.79 Å². The van der Waals surface area contributed by atoms with Crippen molar-refractivity contribution < 1.29 is 19.1 Å². The number of methoxy groups -OCH3 is 2. The monoisotopic (exact) mass is 399 g/mol. The number of amides is 3. The van der Waals surface area contributed by atoms with Crippen LogP contribution in [-0.4, -0.2) is 50.7 Å². The lowest BCUT2D eigenvalue weighted by atomic mass is 10.1. The number of aryl methyl sites for hydroxylation is 1. The zero-order chi connectivity index (χ0) is 21.4. The molecule has 1 atom stereocenters. The van der Waals surface area contributed by atoms with Crippen LogP contribution in [0.15, 0.2) is 42.5 Å². The molecule has 29 heavy (non-hydrogen) atoms. The van der Waals surface area contributed by atoms with Gasteiger partial charge in [-0.3, -0.25) is 4.79 Å². The first-order chi connectivity index (χ1) is 13.8. The summed E-state index contributed by atoms with van der Waals surface area (Å²) in [5.74, 6) is 1.16. The van der Waals surface area contributed by atoms with Crippen LogP contribution in [0.5, 0.6) is 11.5 Å². The number of ether oxygens (including phenoxy) is 2. The molecule has 2 aromatic carbocycles. The molecular formula is C22H29N3O4. The van der Waals surface area contributed by atoms with Gasteiger partial charge in [0.2, 0.25) is 5.91 Å². The molecule has 0 aromatic heterocycles. The highest BCUT2D eigenvalue weighted by molar-refractivity contribution is 5.93. The van der Waals surface area contributed by atoms with Gasteiger partial charge in [0, 0.05) is 19.3 Å². The average Bonchev–Trinajstić information content (AvgIpc) is 2.72. The number of nitrogens with zero attached hydrogens (tertiary/aromatic N) is 1. The van der Waals surface area contributed by atoms with E-state index in [1.54, 1.807) is 33.1 Å². The van der Waals surface area contributed by atoms with Gasteiger partial charge in [0.25, 0.3) is 0 Å². The molecule has 3 amide bonds. The van der Waals surface area contributed by atoms with E-state index in [9.17, 15) is 9.59 Å². The van der Waals surface area contributed by atoms with Crippen LogP contribution in [-0.2, 0) is 11.2 Å². The number of likely N-dealkylation sites (N-methyl/N-ethyl adjacent to an activating group) is 1. The lowest BCUT2D eigenvalue weighted by Crippen LogP contribution is -2.47. The van der Waals surface area contributed by atoms with Crippen molar-refractivity contribution in [3.8, 4) is 11.5 Å². The van der Waals surface area contributed by atoms with E-state index in [2.05, 4.69) is 10.6 Å². The molecule has 0 saturated heterocycles. The number of carbonyl (C=O) groups excluding carboxylic acids is 2. The molecule has 7 nitrogen and oxygen atoms in total. The van der Waals surface area contributed by atoms with Crippen molar-refractivity contribution in [1.29, 1.82) is 0 Å². The maximum atomic E-state index is 12.6. The summed E-state index contributed by atoms with van der Waals surface area (Å²) in [7, 11) is 4.90. The Morgan fingerprint density at radius 1 is 1.03 bits per heavy atom. The predicted molar refractivity (Wildman–Crippen MR) is 114 cm³/mol. The summed E-state index contributed by atoms with van der Waals surface area (Å²) in [6, 6.07) is 12.1. The zero-order valence-electron chi connectivity index (χ0n) is 17.6. The van der Waals surface area contributed by atoms with Crippen LogP contribution in [0.2, 0.25) is 0 Å². The van der Waals surface area contributed by atoms with Crippen LogP contribution in [0.1, 0.15) is 18.1 Å². The molecule has 0 aliphatic rings. The molecule has 7 heteroatoms. The fourth-order valence-corrected chi connectivity index (χ4v) is 2.84. The lowest BCUT2D eigenvalue weighted by molar-refractivity contribution is -0.131. The van der Waals surface area contributed by atoms with Gasteiger partial charge < -0.3 is 25.0 Å². The summed E-state index contributed by atoms with van der Waals surface area (Å²) >= 11 is 0. The first-order valence-electron chi connectivity index (χ1n) is 9.44. The first-order valence-corrected chi connectivity index (χ1v) is 9.44. The SMILES string of the molecule is COc1ccc(CCN(C)C(=O)C(C)NC(=O)Nc2ccc(C)cc2)cc1OC. The molecule has 2 rings (SSSR count). The van der Waals surface area contributed by atoms with E-state index in [0.29, 0.717) is 30.2 Å². The molecule has 0 heterocycles. The molecule has 0 aliphatic heterocycles. The Morgan fingerprint density at radius 3 is 2.31 bits per heavy atom. The summed E-state index contributed by atoms with van der Waals surface area (Å²) in [6.07, 6.45) is 0.658. The van der Waals surface area contributed by atoms with Crippen molar-refractivity contribution in [2.75, 3.05) is 33.1 Å². The van der Waals surface area contributed by atoms with Crippen molar-refractivity contribution in [2.24, 2.45) is 0 Å². The minimum absolute atomic E-state index is 0.162. The number of urea groups is 1. The number of anilines is 1. The van der Waals surface area contributed by atoms with Gasteiger partial charge in [0.05, 0.1) is 14.2 Å². The Balaban J connectivity index is 1.85. The van der Waals surface area contributed by atoms with E-state index in [1.165, 1.54) is 0 Å². The second-order valence-corrected chi connectivity index (χ2v) is 6.89. The Hall–Kier alpha value is -3.22. The summed E-state index contributed by atoms with van der Waals surface area (Å²) in [4.78, 5) is 26.3. The molecule has 0 spiro atoms. The molecule has 0 bridgehead atoms. The van der Waals surface area contributed by atoms with Gasteiger partial charge in [-0.1, -0.05) is 23.8 Å². The molecule has 2 aromatic rings. The number of hydrogen-bond donors (Lipinski definition) is 2. The van der Waals surface area contributed by atoms with Gasteiger partial charge in [0.15, 0.2) is 11.5 Å². The highest BCUT2D eigenvalue weighted by Gasteiger charge is 2.19.